The molecule has 0 spiro atoms. The first-order valence-electron chi connectivity index (χ1n) is 5.64. The van der Waals surface area contributed by atoms with Crippen molar-refractivity contribution in [2.24, 2.45) is 0 Å². The van der Waals surface area contributed by atoms with E-state index in [0.29, 0.717) is 5.78 Å². The van der Waals surface area contributed by atoms with Crippen LogP contribution in [0.25, 0.3) is 5.78 Å². The summed E-state index contributed by atoms with van der Waals surface area (Å²) in [7, 11) is 0. The van der Waals surface area contributed by atoms with Crippen LogP contribution in [0.3, 0.4) is 0 Å². The Labute approximate surface area is 109 Å². The Kier molecular flexibility index (Phi) is 2.76. The Morgan fingerprint density at radius 2 is 2.06 bits per heavy atom. The Balaban J connectivity index is 2.06. The summed E-state index contributed by atoms with van der Waals surface area (Å²) in [5, 5.41) is 5.23. The highest BCUT2D eigenvalue weighted by Crippen LogP contribution is 2.28. The average Bonchev–Trinajstić information content (AvgIpc) is 2.77. The number of nitrogens with zero attached hydrogens (tertiary/aromatic N) is 4. The summed E-state index contributed by atoms with van der Waals surface area (Å²) < 4.78 is 1.76. The maximum Gasteiger partial charge on any atom is 0.253 e. The summed E-state index contributed by atoms with van der Waals surface area (Å²) in [5.74, 6) is 0.644. The van der Waals surface area contributed by atoms with Gasteiger partial charge in [-0.1, -0.05) is 29.5 Å². The summed E-state index contributed by atoms with van der Waals surface area (Å²) in [6.07, 6.45) is 1.53. The van der Waals surface area contributed by atoms with Crippen LogP contribution in [0.2, 0.25) is 0 Å². The molecule has 5 heteroatoms. The van der Waals surface area contributed by atoms with E-state index in [1.165, 1.54) is 16.8 Å². The normalized spacial score (nSPS) is 11.0. The molecular weight excluding hydrogens is 244 g/mol. The van der Waals surface area contributed by atoms with Gasteiger partial charge in [0.1, 0.15) is 11.4 Å². The second kappa shape index (κ2) is 4.42. The van der Waals surface area contributed by atoms with E-state index in [0.717, 1.165) is 10.7 Å². The van der Waals surface area contributed by atoms with E-state index < -0.39 is 0 Å². The Morgan fingerprint density at radius 1 is 1.17 bits per heavy atom. The van der Waals surface area contributed by atoms with E-state index in [2.05, 4.69) is 46.3 Å². The molecule has 0 bridgehead atoms. The molecule has 2 aromatic heterocycles. The fraction of sp³-hybridized carbons (Fsp3) is 0.154. The van der Waals surface area contributed by atoms with Crippen LogP contribution < -0.4 is 0 Å². The van der Waals surface area contributed by atoms with Gasteiger partial charge in [-0.15, -0.1) is 0 Å². The molecule has 0 atom stereocenters. The number of hydrogen-bond donors (Lipinski definition) is 0. The van der Waals surface area contributed by atoms with Crippen LogP contribution in [0.1, 0.15) is 11.3 Å². The molecule has 90 valence electrons. The van der Waals surface area contributed by atoms with Crippen LogP contribution in [-0.2, 0) is 0 Å². The maximum atomic E-state index is 4.33. The molecular formula is C13H12N4S. The summed E-state index contributed by atoms with van der Waals surface area (Å²) in [4.78, 5) is 9.65. The van der Waals surface area contributed by atoms with Crippen LogP contribution in [0.4, 0.5) is 0 Å². The first kappa shape index (κ1) is 11.2. The van der Waals surface area contributed by atoms with E-state index in [-0.39, 0.29) is 0 Å². The maximum absolute atomic E-state index is 4.33. The van der Waals surface area contributed by atoms with Gasteiger partial charge in [0.15, 0.2) is 0 Å². The van der Waals surface area contributed by atoms with Gasteiger partial charge in [0.05, 0.1) is 0 Å². The number of hydrogen-bond acceptors (Lipinski definition) is 4. The van der Waals surface area contributed by atoms with Crippen molar-refractivity contribution in [1.82, 2.24) is 19.6 Å². The molecule has 0 saturated carbocycles. The molecule has 1 aromatic carbocycles. The Bertz CT molecular complexity index is 705. The van der Waals surface area contributed by atoms with Gasteiger partial charge in [-0.25, -0.2) is 4.98 Å². The van der Waals surface area contributed by atoms with Gasteiger partial charge in [-0.3, -0.25) is 0 Å². The standard InChI is InChI=1S/C13H12N4S/c1-9-4-3-5-11(6-9)18-12-7-10(2)16-13-14-8-15-17(12)13/h3-8H,1-2H3. The molecule has 0 radical (unpaired) electrons. The molecule has 0 fully saturated rings. The zero-order valence-electron chi connectivity index (χ0n) is 10.2. The summed E-state index contributed by atoms with van der Waals surface area (Å²) >= 11 is 1.67. The second-order valence-electron chi connectivity index (χ2n) is 4.13. The molecule has 0 amide bonds. The second-order valence-corrected chi connectivity index (χ2v) is 5.22. The number of aryl methyl sites for hydroxylation is 2. The predicted octanol–water partition coefficient (Wildman–Crippen LogP) is 2.89. The summed E-state index contributed by atoms with van der Waals surface area (Å²) in [6, 6.07) is 10.4. The van der Waals surface area contributed by atoms with Crippen LogP contribution in [0.15, 0.2) is 46.6 Å². The topological polar surface area (TPSA) is 43.1 Å². The van der Waals surface area contributed by atoms with E-state index in [1.54, 1.807) is 16.3 Å². The van der Waals surface area contributed by atoms with Crippen molar-refractivity contribution in [1.29, 1.82) is 0 Å². The molecule has 0 aliphatic carbocycles. The van der Waals surface area contributed by atoms with E-state index in [4.69, 9.17) is 0 Å². The lowest BCUT2D eigenvalue weighted by Gasteiger charge is -2.05. The van der Waals surface area contributed by atoms with Crippen molar-refractivity contribution in [3.05, 3.63) is 47.9 Å². The van der Waals surface area contributed by atoms with Gasteiger partial charge in [-0.2, -0.15) is 14.6 Å². The lowest BCUT2D eigenvalue weighted by atomic mass is 10.2. The van der Waals surface area contributed by atoms with Gasteiger partial charge in [-0.05, 0) is 32.0 Å². The molecule has 3 rings (SSSR count). The predicted molar refractivity (Wildman–Crippen MR) is 70.8 cm³/mol. The zero-order chi connectivity index (χ0) is 12.5. The van der Waals surface area contributed by atoms with Gasteiger partial charge in [0, 0.05) is 10.6 Å². The molecule has 0 aliphatic heterocycles. The number of fused-ring (bicyclic) bond motifs is 1. The highest BCUT2D eigenvalue weighted by atomic mass is 32.2. The van der Waals surface area contributed by atoms with E-state index in [1.807, 2.05) is 13.0 Å². The first-order chi connectivity index (χ1) is 8.72. The fourth-order valence-electron chi connectivity index (χ4n) is 1.77. The van der Waals surface area contributed by atoms with Crippen molar-refractivity contribution in [3.8, 4) is 0 Å². The highest BCUT2D eigenvalue weighted by molar-refractivity contribution is 7.99. The lowest BCUT2D eigenvalue weighted by molar-refractivity contribution is 0.833. The third-order valence-electron chi connectivity index (χ3n) is 2.56. The molecule has 0 N–H and O–H groups in total. The van der Waals surface area contributed by atoms with Crippen LogP contribution in [0, 0.1) is 13.8 Å². The minimum Gasteiger partial charge on any atom is -0.216 e. The summed E-state index contributed by atoms with van der Waals surface area (Å²) in [5.41, 5.74) is 2.20. The third kappa shape index (κ3) is 2.09. The fourth-order valence-corrected chi connectivity index (χ4v) is 2.85. The minimum absolute atomic E-state index is 0.644. The third-order valence-corrected chi connectivity index (χ3v) is 3.55. The molecule has 4 nitrogen and oxygen atoms in total. The Morgan fingerprint density at radius 3 is 2.89 bits per heavy atom. The molecule has 3 aromatic rings. The lowest BCUT2D eigenvalue weighted by Crippen LogP contribution is -1.97. The van der Waals surface area contributed by atoms with Crippen LogP contribution in [-0.4, -0.2) is 19.6 Å². The van der Waals surface area contributed by atoms with Gasteiger partial charge < -0.3 is 0 Å². The van der Waals surface area contributed by atoms with E-state index in [9.17, 15) is 0 Å². The highest BCUT2D eigenvalue weighted by Gasteiger charge is 2.07. The molecule has 0 unspecified atom stereocenters. The van der Waals surface area contributed by atoms with Crippen LogP contribution in [0.5, 0.6) is 0 Å². The van der Waals surface area contributed by atoms with Crippen LogP contribution >= 0.6 is 11.8 Å². The minimum atomic E-state index is 0.644. The largest absolute Gasteiger partial charge is 0.253 e. The number of benzene rings is 1. The van der Waals surface area contributed by atoms with Crippen molar-refractivity contribution in [2.75, 3.05) is 0 Å². The van der Waals surface area contributed by atoms with Crippen molar-refractivity contribution in [2.45, 2.75) is 23.8 Å². The molecule has 2 heterocycles. The average molecular weight is 256 g/mol. The number of aromatic nitrogens is 4. The van der Waals surface area contributed by atoms with Gasteiger partial charge >= 0.3 is 0 Å². The molecule has 0 aliphatic rings. The zero-order valence-corrected chi connectivity index (χ0v) is 11.0. The molecule has 0 saturated heterocycles. The molecule has 18 heavy (non-hydrogen) atoms. The first-order valence-corrected chi connectivity index (χ1v) is 6.46. The monoisotopic (exact) mass is 256 g/mol. The van der Waals surface area contributed by atoms with Crippen molar-refractivity contribution in [3.63, 3.8) is 0 Å². The van der Waals surface area contributed by atoms with Crippen molar-refractivity contribution >= 4 is 17.5 Å². The van der Waals surface area contributed by atoms with E-state index >= 15 is 0 Å². The Hall–Kier alpha value is -1.88. The smallest absolute Gasteiger partial charge is 0.216 e. The van der Waals surface area contributed by atoms with Gasteiger partial charge in [0.25, 0.3) is 5.78 Å². The van der Waals surface area contributed by atoms with Gasteiger partial charge in [0.2, 0.25) is 0 Å². The van der Waals surface area contributed by atoms with Crippen molar-refractivity contribution < 1.29 is 0 Å². The quantitative estimate of drug-likeness (QED) is 0.661. The number of rotatable bonds is 2. The SMILES string of the molecule is Cc1cccc(Sc2cc(C)nc3ncnn23)c1. The summed E-state index contributed by atoms with van der Waals surface area (Å²) in [6.45, 7) is 4.06.